The normalized spacial score (nSPS) is 11.1. The zero-order valence-electron chi connectivity index (χ0n) is 8.84. The smallest absolute Gasteiger partial charge is 0.147 e. The molecule has 3 aromatic rings. The van der Waals surface area contributed by atoms with Crippen molar-refractivity contribution in [3.05, 3.63) is 48.0 Å². The van der Waals surface area contributed by atoms with E-state index in [4.69, 9.17) is 0 Å². The molecule has 16 heavy (non-hydrogen) atoms. The minimum atomic E-state index is -0.215. The van der Waals surface area contributed by atoms with E-state index in [2.05, 4.69) is 9.97 Å². The number of benzene rings is 1. The highest BCUT2D eigenvalue weighted by molar-refractivity contribution is 5.95. The van der Waals surface area contributed by atoms with Gasteiger partial charge in [-0.25, -0.2) is 4.39 Å². The fourth-order valence-electron chi connectivity index (χ4n) is 2.06. The van der Waals surface area contributed by atoms with Crippen molar-refractivity contribution in [1.82, 2.24) is 9.97 Å². The number of rotatable bonds is 1. The van der Waals surface area contributed by atoms with Gasteiger partial charge in [0, 0.05) is 23.3 Å². The molecule has 0 fully saturated rings. The highest BCUT2D eigenvalue weighted by Gasteiger charge is 2.10. The third-order valence-corrected chi connectivity index (χ3v) is 2.89. The van der Waals surface area contributed by atoms with Crippen LogP contribution in [0.15, 0.2) is 36.7 Å². The first-order chi connectivity index (χ1) is 7.77. The summed E-state index contributed by atoms with van der Waals surface area (Å²) in [6, 6.07) is 7.12. The first-order valence-corrected chi connectivity index (χ1v) is 5.17. The molecule has 0 aliphatic heterocycles. The molecule has 2 N–H and O–H groups in total. The molecular formula is C13H11FN2. The van der Waals surface area contributed by atoms with Crippen molar-refractivity contribution >= 4 is 10.9 Å². The Hall–Kier alpha value is -2.03. The van der Waals surface area contributed by atoms with Crippen LogP contribution >= 0.6 is 0 Å². The molecule has 2 heterocycles. The summed E-state index contributed by atoms with van der Waals surface area (Å²) in [4.78, 5) is 6.15. The Kier molecular flexibility index (Phi) is 1.86. The number of aryl methyl sites for hydroxylation is 1. The van der Waals surface area contributed by atoms with Crippen molar-refractivity contribution < 1.29 is 4.39 Å². The number of fused-ring (bicyclic) bond motifs is 1. The van der Waals surface area contributed by atoms with Crippen molar-refractivity contribution in [3.8, 4) is 11.3 Å². The second-order valence-electron chi connectivity index (χ2n) is 3.90. The molecule has 0 bridgehead atoms. The molecular weight excluding hydrogens is 203 g/mol. The molecule has 3 rings (SSSR count). The Morgan fingerprint density at radius 2 is 2.00 bits per heavy atom. The van der Waals surface area contributed by atoms with Gasteiger partial charge in [-0.15, -0.1) is 0 Å². The lowest BCUT2D eigenvalue weighted by Gasteiger charge is -1.98. The molecule has 80 valence electrons. The highest BCUT2D eigenvalue weighted by Crippen LogP contribution is 2.30. The minimum Gasteiger partial charge on any atom is -0.361 e. The fourth-order valence-corrected chi connectivity index (χ4v) is 2.06. The molecule has 0 spiro atoms. The number of halogens is 1. The maximum atomic E-state index is 13.5. The van der Waals surface area contributed by atoms with Gasteiger partial charge in [0.15, 0.2) is 0 Å². The summed E-state index contributed by atoms with van der Waals surface area (Å²) >= 11 is 0. The zero-order chi connectivity index (χ0) is 11.1. The quantitative estimate of drug-likeness (QED) is 0.620. The molecule has 2 aromatic heterocycles. The van der Waals surface area contributed by atoms with E-state index in [9.17, 15) is 4.39 Å². The van der Waals surface area contributed by atoms with Gasteiger partial charge in [-0.1, -0.05) is 12.1 Å². The predicted molar refractivity (Wildman–Crippen MR) is 62.8 cm³/mol. The second kappa shape index (κ2) is 3.23. The van der Waals surface area contributed by atoms with Crippen molar-refractivity contribution in [1.29, 1.82) is 0 Å². The third kappa shape index (κ3) is 1.18. The Bertz CT molecular complexity index is 649. The van der Waals surface area contributed by atoms with E-state index >= 15 is 0 Å². The number of aromatic amines is 2. The lowest BCUT2D eigenvalue weighted by Crippen LogP contribution is -1.79. The van der Waals surface area contributed by atoms with E-state index in [1.165, 1.54) is 6.07 Å². The number of hydrogen-bond donors (Lipinski definition) is 2. The second-order valence-corrected chi connectivity index (χ2v) is 3.90. The summed E-state index contributed by atoms with van der Waals surface area (Å²) in [5, 5.41) is 0.908. The van der Waals surface area contributed by atoms with Gasteiger partial charge in [0.1, 0.15) is 5.82 Å². The Morgan fingerprint density at radius 1 is 1.12 bits per heavy atom. The monoisotopic (exact) mass is 214 g/mol. The minimum absolute atomic E-state index is 0.215. The fraction of sp³-hybridized carbons (Fsp3) is 0.0769. The summed E-state index contributed by atoms with van der Waals surface area (Å²) < 4.78 is 13.5. The average molecular weight is 214 g/mol. The number of H-pyrrole nitrogens is 2. The highest BCUT2D eigenvalue weighted by atomic mass is 19.1. The third-order valence-electron chi connectivity index (χ3n) is 2.89. The molecule has 0 saturated carbocycles. The summed E-state index contributed by atoms with van der Waals surface area (Å²) in [5.41, 5.74) is 3.77. The van der Waals surface area contributed by atoms with Gasteiger partial charge in [0.2, 0.25) is 0 Å². The van der Waals surface area contributed by atoms with Crippen molar-refractivity contribution in [2.45, 2.75) is 6.92 Å². The molecule has 0 amide bonds. The Morgan fingerprint density at radius 3 is 2.75 bits per heavy atom. The van der Waals surface area contributed by atoms with E-state index in [0.29, 0.717) is 5.52 Å². The van der Waals surface area contributed by atoms with E-state index in [-0.39, 0.29) is 5.82 Å². The standard InChI is InChI=1S/C13H11FN2/c1-8-5-6-15-12(8)10-7-16-13-9(10)3-2-4-11(13)14/h2-7,15-16H,1H3. The van der Waals surface area contributed by atoms with E-state index in [0.717, 1.165) is 22.2 Å². The first kappa shape index (κ1) is 9.21. The van der Waals surface area contributed by atoms with Gasteiger partial charge in [-0.3, -0.25) is 0 Å². The van der Waals surface area contributed by atoms with Gasteiger partial charge >= 0.3 is 0 Å². The summed E-state index contributed by atoms with van der Waals surface area (Å²) in [6.07, 6.45) is 3.73. The van der Waals surface area contributed by atoms with Crippen molar-refractivity contribution in [2.24, 2.45) is 0 Å². The first-order valence-electron chi connectivity index (χ1n) is 5.17. The van der Waals surface area contributed by atoms with Gasteiger partial charge in [-0.2, -0.15) is 0 Å². The van der Waals surface area contributed by atoms with Gasteiger partial charge in [0.05, 0.1) is 11.2 Å². The molecule has 3 heteroatoms. The van der Waals surface area contributed by atoms with Crippen LogP contribution < -0.4 is 0 Å². The lowest BCUT2D eigenvalue weighted by atomic mass is 10.1. The van der Waals surface area contributed by atoms with Crippen molar-refractivity contribution in [3.63, 3.8) is 0 Å². The summed E-state index contributed by atoms with van der Waals surface area (Å²) in [6.45, 7) is 2.03. The molecule has 0 radical (unpaired) electrons. The largest absolute Gasteiger partial charge is 0.361 e. The van der Waals surface area contributed by atoms with Crippen LogP contribution in [0.2, 0.25) is 0 Å². The lowest BCUT2D eigenvalue weighted by molar-refractivity contribution is 0.637. The average Bonchev–Trinajstić information content (AvgIpc) is 2.84. The van der Waals surface area contributed by atoms with Crippen LogP contribution in [0.3, 0.4) is 0 Å². The van der Waals surface area contributed by atoms with E-state index in [1.54, 1.807) is 6.07 Å². The van der Waals surface area contributed by atoms with Crippen LogP contribution in [0.25, 0.3) is 22.2 Å². The van der Waals surface area contributed by atoms with Crippen LogP contribution in [0.1, 0.15) is 5.56 Å². The topological polar surface area (TPSA) is 31.6 Å². The summed E-state index contributed by atoms with van der Waals surface area (Å²) in [5.74, 6) is -0.215. The number of nitrogens with one attached hydrogen (secondary N) is 2. The van der Waals surface area contributed by atoms with Crippen LogP contribution in [0.5, 0.6) is 0 Å². The molecule has 2 nitrogen and oxygen atoms in total. The molecule has 1 aromatic carbocycles. The zero-order valence-corrected chi connectivity index (χ0v) is 8.84. The molecule has 0 aliphatic rings. The molecule has 0 atom stereocenters. The molecule has 0 aliphatic carbocycles. The Labute approximate surface area is 92.1 Å². The maximum absolute atomic E-state index is 13.5. The predicted octanol–water partition coefficient (Wildman–Crippen LogP) is 3.61. The van der Waals surface area contributed by atoms with Crippen LogP contribution in [0.4, 0.5) is 4.39 Å². The van der Waals surface area contributed by atoms with Crippen LogP contribution in [0, 0.1) is 12.7 Å². The van der Waals surface area contributed by atoms with E-state index in [1.807, 2.05) is 31.5 Å². The SMILES string of the molecule is Cc1cc[nH]c1-c1c[nH]c2c(F)cccc12. The summed E-state index contributed by atoms with van der Waals surface area (Å²) in [7, 11) is 0. The van der Waals surface area contributed by atoms with Gasteiger partial charge < -0.3 is 9.97 Å². The Balaban J connectivity index is 2.34. The number of para-hydroxylation sites is 1. The van der Waals surface area contributed by atoms with E-state index < -0.39 is 0 Å². The molecule has 0 unspecified atom stereocenters. The van der Waals surface area contributed by atoms with Gasteiger partial charge in [-0.05, 0) is 24.6 Å². The number of hydrogen-bond acceptors (Lipinski definition) is 0. The number of aromatic nitrogens is 2. The maximum Gasteiger partial charge on any atom is 0.147 e. The van der Waals surface area contributed by atoms with Crippen molar-refractivity contribution in [2.75, 3.05) is 0 Å². The van der Waals surface area contributed by atoms with Crippen LogP contribution in [-0.2, 0) is 0 Å². The van der Waals surface area contributed by atoms with Gasteiger partial charge in [0.25, 0.3) is 0 Å². The molecule has 0 saturated heterocycles. The van der Waals surface area contributed by atoms with Crippen LogP contribution in [-0.4, -0.2) is 9.97 Å².